The summed E-state index contributed by atoms with van der Waals surface area (Å²) in [6.45, 7) is 5.19. The van der Waals surface area contributed by atoms with E-state index >= 15 is 0 Å². The number of aliphatic hydroxyl groups excluding tert-OH is 1. The van der Waals surface area contributed by atoms with Crippen LogP contribution in [0, 0.1) is 6.92 Å². The first-order valence-corrected chi connectivity index (χ1v) is 6.27. The number of piperazine rings is 1. The molecule has 2 rings (SSSR count). The number of hydrogen-bond donors (Lipinski definition) is 2. The van der Waals surface area contributed by atoms with Crippen LogP contribution >= 0.6 is 0 Å². The number of carbonyl (C=O) groups excluding carboxylic acids is 1. The Kier molecular flexibility index (Phi) is 3.56. The molecular weight excluding hydrogens is 232 g/mol. The summed E-state index contributed by atoms with van der Waals surface area (Å²) in [7, 11) is 1.85. The lowest BCUT2D eigenvalue weighted by molar-refractivity contribution is -0.123. The highest BCUT2D eigenvalue weighted by molar-refractivity contribution is 5.86. The Balaban J connectivity index is 2.43. The van der Waals surface area contributed by atoms with E-state index < -0.39 is 0 Å². The Morgan fingerprint density at radius 2 is 2.28 bits per heavy atom. The Morgan fingerprint density at radius 3 is 2.89 bits per heavy atom. The average molecular weight is 252 g/mol. The van der Waals surface area contributed by atoms with Crippen LogP contribution in [-0.4, -0.2) is 39.9 Å². The molecule has 0 spiro atoms. The zero-order valence-corrected chi connectivity index (χ0v) is 11.1. The van der Waals surface area contributed by atoms with E-state index in [9.17, 15) is 9.90 Å². The van der Waals surface area contributed by atoms with Crippen LogP contribution in [0.25, 0.3) is 0 Å². The molecule has 1 aliphatic heterocycles. The van der Waals surface area contributed by atoms with E-state index in [1.807, 2.05) is 25.8 Å². The molecule has 1 saturated heterocycles. The number of aryl methyl sites for hydroxylation is 2. The van der Waals surface area contributed by atoms with Crippen LogP contribution in [0.3, 0.4) is 0 Å². The van der Waals surface area contributed by atoms with E-state index in [1.54, 1.807) is 4.68 Å². The summed E-state index contributed by atoms with van der Waals surface area (Å²) in [6, 6.07) is -0.182. The molecule has 2 N–H and O–H groups in total. The largest absolute Gasteiger partial charge is 0.391 e. The molecule has 0 aromatic carbocycles. The molecule has 1 aliphatic rings. The number of hydrogen-bond acceptors (Lipinski definition) is 4. The molecule has 1 fully saturated rings. The molecule has 6 nitrogen and oxygen atoms in total. The van der Waals surface area contributed by atoms with Gasteiger partial charge in [0.05, 0.1) is 12.3 Å². The van der Waals surface area contributed by atoms with E-state index in [-0.39, 0.29) is 18.6 Å². The number of carbonyl (C=O) groups is 1. The quantitative estimate of drug-likeness (QED) is 0.790. The molecule has 100 valence electrons. The number of amides is 1. The van der Waals surface area contributed by atoms with Crippen molar-refractivity contribution in [2.45, 2.75) is 32.9 Å². The van der Waals surface area contributed by atoms with Gasteiger partial charge in [-0.1, -0.05) is 6.92 Å². The van der Waals surface area contributed by atoms with Crippen LogP contribution in [0.5, 0.6) is 0 Å². The van der Waals surface area contributed by atoms with Crippen molar-refractivity contribution in [2.24, 2.45) is 7.05 Å². The Morgan fingerprint density at radius 1 is 1.56 bits per heavy atom. The van der Waals surface area contributed by atoms with Gasteiger partial charge in [-0.25, -0.2) is 0 Å². The molecule has 1 amide bonds. The predicted octanol–water partition coefficient (Wildman–Crippen LogP) is -0.0644. The minimum absolute atomic E-state index is 0.0477. The number of rotatable bonds is 3. The monoisotopic (exact) mass is 252 g/mol. The lowest BCUT2D eigenvalue weighted by atomic mass is 10.1. The normalized spacial score (nSPS) is 20.1. The van der Waals surface area contributed by atoms with Crippen LogP contribution in [-0.2, 0) is 18.4 Å². The third-order valence-corrected chi connectivity index (χ3v) is 3.46. The Bertz CT molecular complexity index is 455. The first-order chi connectivity index (χ1) is 8.60. The van der Waals surface area contributed by atoms with Gasteiger partial charge in [-0.2, -0.15) is 5.10 Å². The topological polar surface area (TPSA) is 70.4 Å². The van der Waals surface area contributed by atoms with Gasteiger partial charge in [0, 0.05) is 25.7 Å². The highest BCUT2D eigenvalue weighted by Crippen LogP contribution is 2.26. The lowest BCUT2D eigenvalue weighted by Crippen LogP contribution is -2.55. The third-order valence-electron chi connectivity index (χ3n) is 3.46. The molecule has 0 saturated carbocycles. The molecule has 0 bridgehead atoms. The maximum absolute atomic E-state index is 11.9. The van der Waals surface area contributed by atoms with E-state index in [2.05, 4.69) is 10.4 Å². The van der Waals surface area contributed by atoms with Crippen molar-refractivity contribution in [3.63, 3.8) is 0 Å². The molecule has 1 aromatic heterocycles. The van der Waals surface area contributed by atoms with Gasteiger partial charge >= 0.3 is 0 Å². The minimum atomic E-state index is -0.182. The van der Waals surface area contributed by atoms with Crippen LogP contribution in [0.4, 0.5) is 5.82 Å². The summed E-state index contributed by atoms with van der Waals surface area (Å²) in [5.74, 6) is 0.906. The predicted molar refractivity (Wildman–Crippen MR) is 68.3 cm³/mol. The molecule has 6 heteroatoms. The SMILES string of the molecule is CCC1C(=O)NCCN1c1c(CO)c(C)nn1C. The van der Waals surface area contributed by atoms with E-state index in [0.717, 1.165) is 30.0 Å². The molecule has 0 radical (unpaired) electrons. The number of nitrogens with zero attached hydrogens (tertiary/aromatic N) is 3. The fraction of sp³-hybridized carbons (Fsp3) is 0.667. The van der Waals surface area contributed by atoms with Gasteiger partial charge < -0.3 is 15.3 Å². The van der Waals surface area contributed by atoms with Crippen molar-refractivity contribution in [3.05, 3.63) is 11.3 Å². The number of nitrogens with one attached hydrogen (secondary N) is 1. The minimum Gasteiger partial charge on any atom is -0.391 e. The summed E-state index contributed by atoms with van der Waals surface area (Å²) in [4.78, 5) is 13.9. The third kappa shape index (κ3) is 1.96. The number of aliphatic hydroxyl groups is 1. The second kappa shape index (κ2) is 4.97. The molecule has 2 heterocycles. The van der Waals surface area contributed by atoms with Gasteiger partial charge in [-0.05, 0) is 13.3 Å². The summed E-state index contributed by atoms with van der Waals surface area (Å²) in [5, 5.41) is 16.7. The van der Waals surface area contributed by atoms with Crippen molar-refractivity contribution in [2.75, 3.05) is 18.0 Å². The van der Waals surface area contributed by atoms with Gasteiger partial charge in [-0.3, -0.25) is 9.48 Å². The van der Waals surface area contributed by atoms with Gasteiger partial charge in [-0.15, -0.1) is 0 Å². The van der Waals surface area contributed by atoms with Crippen LogP contribution < -0.4 is 10.2 Å². The van der Waals surface area contributed by atoms with Gasteiger partial charge in [0.1, 0.15) is 11.9 Å². The Labute approximate surface area is 107 Å². The maximum atomic E-state index is 11.9. The van der Waals surface area contributed by atoms with Crippen LogP contribution in [0.15, 0.2) is 0 Å². The standard InChI is InChI=1S/C12H20N4O2/c1-4-10-11(18)13-5-6-16(10)12-9(7-17)8(2)14-15(12)3/h10,17H,4-7H2,1-3H3,(H,13,18). The fourth-order valence-corrected chi connectivity index (χ4v) is 2.61. The van der Waals surface area contributed by atoms with E-state index in [0.29, 0.717) is 6.54 Å². The van der Waals surface area contributed by atoms with Crippen molar-refractivity contribution in [3.8, 4) is 0 Å². The summed E-state index contributed by atoms with van der Waals surface area (Å²) in [5.41, 5.74) is 1.63. The summed E-state index contributed by atoms with van der Waals surface area (Å²) in [6.07, 6.45) is 0.737. The highest BCUT2D eigenvalue weighted by Gasteiger charge is 2.31. The first-order valence-electron chi connectivity index (χ1n) is 6.27. The second-order valence-electron chi connectivity index (χ2n) is 4.58. The van der Waals surface area contributed by atoms with E-state index in [1.165, 1.54) is 0 Å². The van der Waals surface area contributed by atoms with Crippen LogP contribution in [0.1, 0.15) is 24.6 Å². The summed E-state index contributed by atoms with van der Waals surface area (Å²) >= 11 is 0. The average Bonchev–Trinajstić information content (AvgIpc) is 2.63. The maximum Gasteiger partial charge on any atom is 0.242 e. The van der Waals surface area contributed by atoms with Crippen molar-refractivity contribution in [1.82, 2.24) is 15.1 Å². The molecule has 1 atom stereocenters. The molecule has 0 aliphatic carbocycles. The van der Waals surface area contributed by atoms with Gasteiger partial charge in [0.25, 0.3) is 0 Å². The summed E-state index contributed by atoms with van der Waals surface area (Å²) < 4.78 is 1.75. The number of aromatic nitrogens is 2. The Hall–Kier alpha value is -1.56. The highest BCUT2D eigenvalue weighted by atomic mass is 16.3. The van der Waals surface area contributed by atoms with Crippen molar-refractivity contribution < 1.29 is 9.90 Å². The first kappa shape index (κ1) is 12.9. The number of anilines is 1. The van der Waals surface area contributed by atoms with Gasteiger partial charge in [0.2, 0.25) is 5.91 Å². The fourth-order valence-electron chi connectivity index (χ4n) is 2.61. The van der Waals surface area contributed by atoms with Crippen LogP contribution in [0.2, 0.25) is 0 Å². The molecule has 18 heavy (non-hydrogen) atoms. The zero-order valence-electron chi connectivity index (χ0n) is 11.1. The molecule has 1 unspecified atom stereocenters. The lowest BCUT2D eigenvalue weighted by Gasteiger charge is -2.36. The van der Waals surface area contributed by atoms with Gasteiger partial charge in [0.15, 0.2) is 0 Å². The van der Waals surface area contributed by atoms with Crippen molar-refractivity contribution >= 4 is 11.7 Å². The van der Waals surface area contributed by atoms with E-state index in [4.69, 9.17) is 0 Å². The second-order valence-corrected chi connectivity index (χ2v) is 4.58. The molecular formula is C12H20N4O2. The van der Waals surface area contributed by atoms with Crippen molar-refractivity contribution in [1.29, 1.82) is 0 Å². The molecule has 1 aromatic rings. The zero-order chi connectivity index (χ0) is 13.3. The smallest absolute Gasteiger partial charge is 0.242 e.